The number of furan rings is 1. The van der Waals surface area contributed by atoms with Crippen molar-refractivity contribution in [2.75, 3.05) is 4.90 Å². The van der Waals surface area contributed by atoms with E-state index >= 15 is 0 Å². The number of hydrogen-bond acceptors (Lipinski definition) is 3. The fourth-order valence-electron chi connectivity index (χ4n) is 8.30. The molecule has 0 unspecified atom stereocenters. The Morgan fingerprint density at radius 3 is 1.84 bits per heavy atom. The van der Waals surface area contributed by atoms with E-state index in [1.807, 2.05) is 23.5 Å². The van der Waals surface area contributed by atoms with Gasteiger partial charge >= 0.3 is 0 Å². The van der Waals surface area contributed by atoms with Crippen molar-refractivity contribution in [1.29, 1.82) is 0 Å². The van der Waals surface area contributed by atoms with Gasteiger partial charge in [0.25, 0.3) is 0 Å². The van der Waals surface area contributed by atoms with E-state index in [0.717, 1.165) is 44.6 Å². The lowest BCUT2D eigenvalue weighted by Crippen LogP contribution is -2.11. The van der Waals surface area contributed by atoms with Gasteiger partial charge in [-0.1, -0.05) is 146 Å². The fourth-order valence-corrected chi connectivity index (χ4v) is 9.53. The highest BCUT2D eigenvalue weighted by atomic mass is 32.1. The molecule has 3 heteroatoms. The van der Waals surface area contributed by atoms with Gasteiger partial charge in [0, 0.05) is 53.8 Å². The van der Waals surface area contributed by atoms with Crippen molar-refractivity contribution in [3.8, 4) is 33.4 Å². The third-order valence-corrected chi connectivity index (χ3v) is 12.1. The van der Waals surface area contributed by atoms with Crippen LogP contribution in [0.3, 0.4) is 0 Å². The molecule has 55 heavy (non-hydrogen) atoms. The topological polar surface area (TPSA) is 16.4 Å². The first kappa shape index (κ1) is 31.6. The predicted octanol–water partition coefficient (Wildman–Crippen LogP) is 15.6. The van der Waals surface area contributed by atoms with Gasteiger partial charge in [-0.05, 0) is 87.3 Å². The Kier molecular flexibility index (Phi) is 7.39. The van der Waals surface area contributed by atoms with Crippen LogP contribution in [0, 0.1) is 0 Å². The van der Waals surface area contributed by atoms with Gasteiger partial charge in [-0.25, -0.2) is 0 Å². The largest absolute Gasteiger partial charge is 0.456 e. The second-order valence-electron chi connectivity index (χ2n) is 14.1. The first-order valence-corrected chi connectivity index (χ1v) is 19.5. The van der Waals surface area contributed by atoms with Crippen LogP contribution in [-0.4, -0.2) is 0 Å². The van der Waals surface area contributed by atoms with E-state index in [9.17, 15) is 0 Å². The molecule has 0 atom stereocenters. The highest BCUT2D eigenvalue weighted by Gasteiger charge is 2.21. The number of anilines is 3. The molecule has 0 aliphatic heterocycles. The van der Waals surface area contributed by atoms with E-state index in [1.165, 1.54) is 58.8 Å². The first-order valence-electron chi connectivity index (χ1n) is 18.7. The molecule has 258 valence electrons. The first-order chi connectivity index (χ1) is 27.3. The van der Waals surface area contributed by atoms with Gasteiger partial charge < -0.3 is 9.32 Å². The van der Waals surface area contributed by atoms with Crippen LogP contribution in [0.1, 0.15) is 0 Å². The summed E-state index contributed by atoms with van der Waals surface area (Å²) in [4.78, 5) is 2.42. The summed E-state index contributed by atoms with van der Waals surface area (Å²) in [6, 6.07) is 72.3. The Bertz CT molecular complexity index is 3210. The molecule has 9 aromatic carbocycles. The molecule has 0 bridgehead atoms. The smallest absolute Gasteiger partial charge is 0.137 e. The summed E-state index contributed by atoms with van der Waals surface area (Å²) >= 11 is 1.87. The van der Waals surface area contributed by atoms with Crippen molar-refractivity contribution in [3.05, 3.63) is 200 Å². The van der Waals surface area contributed by atoms with Crippen LogP contribution in [0.15, 0.2) is 205 Å². The van der Waals surface area contributed by atoms with Crippen molar-refractivity contribution in [2.24, 2.45) is 0 Å². The molecule has 0 saturated heterocycles. The second-order valence-corrected chi connectivity index (χ2v) is 15.1. The van der Waals surface area contributed by atoms with Crippen LogP contribution in [0.5, 0.6) is 0 Å². The molecule has 2 aromatic heterocycles. The lowest BCUT2D eigenvalue weighted by molar-refractivity contribution is 0.669. The Labute approximate surface area is 322 Å². The maximum atomic E-state index is 6.52. The summed E-state index contributed by atoms with van der Waals surface area (Å²) in [6.07, 6.45) is 0. The number of hydrogen-bond donors (Lipinski definition) is 0. The molecule has 0 saturated carbocycles. The average molecular weight is 720 g/mol. The van der Waals surface area contributed by atoms with Gasteiger partial charge in [-0.3, -0.25) is 0 Å². The van der Waals surface area contributed by atoms with Crippen LogP contribution in [0.2, 0.25) is 0 Å². The molecule has 0 spiro atoms. The molecule has 2 heterocycles. The molecule has 0 radical (unpaired) electrons. The molecular formula is C52H33NOS. The number of thiophene rings is 1. The summed E-state index contributed by atoms with van der Waals surface area (Å²) in [6.45, 7) is 0. The summed E-state index contributed by atoms with van der Waals surface area (Å²) in [5.74, 6) is 0. The number of nitrogens with zero attached hydrogens (tertiary/aromatic N) is 1. The summed E-state index contributed by atoms with van der Waals surface area (Å²) in [5.41, 5.74) is 12.1. The lowest BCUT2D eigenvalue weighted by atomic mass is 9.94. The number of rotatable bonds is 6. The van der Waals surface area contributed by atoms with E-state index in [2.05, 4.69) is 193 Å². The second kappa shape index (κ2) is 12.9. The molecule has 0 amide bonds. The standard InChI is InChI=1S/C52H33NOS/c1-3-14-34(15-4-1)36-30-37(41-22-13-23-47-46-21-10-12-25-51(46)55-52(41)47)32-39(31-36)53(38-26-27-45-44-20-9-11-24-49(44)54-50(45)33-38)48-29-28-40(35-16-5-2-6-17-35)42-18-7-8-19-43(42)48/h1-33H. The molecular weight excluding hydrogens is 687 g/mol. The van der Waals surface area contributed by atoms with Crippen LogP contribution in [0.25, 0.3) is 86.3 Å². The van der Waals surface area contributed by atoms with Gasteiger partial charge in [-0.15, -0.1) is 11.3 Å². The van der Waals surface area contributed by atoms with E-state index in [4.69, 9.17) is 4.42 Å². The van der Waals surface area contributed by atoms with Gasteiger partial charge in [-0.2, -0.15) is 0 Å². The summed E-state index contributed by atoms with van der Waals surface area (Å²) in [7, 11) is 0. The highest BCUT2D eigenvalue weighted by Crippen LogP contribution is 2.47. The van der Waals surface area contributed by atoms with Gasteiger partial charge in [0.1, 0.15) is 11.2 Å². The Morgan fingerprint density at radius 2 is 1.00 bits per heavy atom. The molecule has 11 rings (SSSR count). The Hall–Kier alpha value is -6.94. The number of benzene rings is 9. The van der Waals surface area contributed by atoms with Crippen LogP contribution in [0.4, 0.5) is 17.1 Å². The van der Waals surface area contributed by atoms with E-state index in [-0.39, 0.29) is 0 Å². The molecule has 0 fully saturated rings. The van der Waals surface area contributed by atoms with Crippen LogP contribution < -0.4 is 4.90 Å². The van der Waals surface area contributed by atoms with E-state index in [0.29, 0.717) is 0 Å². The minimum Gasteiger partial charge on any atom is -0.456 e. The van der Waals surface area contributed by atoms with Crippen molar-refractivity contribution < 1.29 is 4.42 Å². The van der Waals surface area contributed by atoms with Gasteiger partial charge in [0.2, 0.25) is 0 Å². The van der Waals surface area contributed by atoms with Crippen molar-refractivity contribution in [2.45, 2.75) is 0 Å². The Morgan fingerprint density at radius 1 is 0.345 bits per heavy atom. The predicted molar refractivity (Wildman–Crippen MR) is 235 cm³/mol. The minimum absolute atomic E-state index is 0.864. The quantitative estimate of drug-likeness (QED) is 0.170. The zero-order valence-corrected chi connectivity index (χ0v) is 30.6. The summed E-state index contributed by atoms with van der Waals surface area (Å²) < 4.78 is 9.12. The van der Waals surface area contributed by atoms with Crippen LogP contribution in [-0.2, 0) is 0 Å². The maximum absolute atomic E-state index is 6.52. The maximum Gasteiger partial charge on any atom is 0.137 e. The molecule has 2 nitrogen and oxygen atoms in total. The van der Waals surface area contributed by atoms with E-state index < -0.39 is 0 Å². The lowest BCUT2D eigenvalue weighted by Gasteiger charge is -2.28. The van der Waals surface area contributed by atoms with Gasteiger partial charge in [0.05, 0.1) is 5.69 Å². The fraction of sp³-hybridized carbons (Fsp3) is 0. The van der Waals surface area contributed by atoms with E-state index in [1.54, 1.807) is 0 Å². The number of para-hydroxylation sites is 1. The van der Waals surface area contributed by atoms with Crippen LogP contribution >= 0.6 is 11.3 Å². The highest BCUT2D eigenvalue weighted by molar-refractivity contribution is 7.26. The third kappa shape index (κ3) is 5.32. The average Bonchev–Trinajstić information content (AvgIpc) is 3.83. The van der Waals surface area contributed by atoms with Crippen molar-refractivity contribution in [1.82, 2.24) is 0 Å². The normalized spacial score (nSPS) is 11.6. The Balaban J connectivity index is 1.21. The minimum atomic E-state index is 0.864. The number of fused-ring (bicyclic) bond motifs is 7. The monoisotopic (exact) mass is 719 g/mol. The van der Waals surface area contributed by atoms with Gasteiger partial charge in [0.15, 0.2) is 0 Å². The molecule has 0 aliphatic rings. The molecule has 11 aromatic rings. The zero-order chi connectivity index (χ0) is 36.3. The summed E-state index contributed by atoms with van der Waals surface area (Å²) in [5, 5.41) is 7.20. The zero-order valence-electron chi connectivity index (χ0n) is 29.8. The SMILES string of the molecule is c1ccc(-c2cc(-c3cccc4c3sc3ccccc34)cc(N(c3ccc4c(c3)oc3ccccc34)c3ccc(-c4ccccc4)c4ccccc34)c2)cc1. The third-order valence-electron chi connectivity index (χ3n) is 10.8. The van der Waals surface area contributed by atoms with Crippen molar-refractivity contribution in [3.63, 3.8) is 0 Å². The molecule has 0 aliphatic carbocycles. The molecule has 0 N–H and O–H groups in total. The van der Waals surface area contributed by atoms with Crippen molar-refractivity contribution >= 4 is 81.3 Å².